The molecule has 0 aliphatic heterocycles. The van der Waals surface area contributed by atoms with Crippen molar-refractivity contribution in [2.45, 2.75) is 89.2 Å². The van der Waals surface area contributed by atoms with Crippen LogP contribution in [-0.4, -0.2) is 38.9 Å². The Kier molecular flexibility index (Phi) is 121. The van der Waals surface area contributed by atoms with E-state index in [0.717, 1.165) is 13.0 Å². The molecular formula is C18H50O2S. The van der Waals surface area contributed by atoms with Crippen LogP contribution in [0.25, 0.3) is 0 Å². The summed E-state index contributed by atoms with van der Waals surface area (Å²) in [6.07, 6.45) is 6.23. The molecule has 0 heterocycles. The molecule has 0 aliphatic carbocycles. The van der Waals surface area contributed by atoms with E-state index >= 15 is 0 Å². The van der Waals surface area contributed by atoms with Gasteiger partial charge in [-0.1, -0.05) is 56.4 Å². The molecule has 0 aliphatic rings. The molecule has 0 fully saturated rings. The van der Waals surface area contributed by atoms with Crippen molar-refractivity contribution in [1.29, 1.82) is 0 Å². The lowest BCUT2D eigenvalue weighted by atomic mass is 10.3. The molecule has 1 unspecified atom stereocenters. The number of hydrogen-bond donors (Lipinski definition) is 0. The average Bonchev–Trinajstić information content (AvgIpc) is 2.40. The molecular weight excluding hydrogens is 280 g/mol. The highest BCUT2D eigenvalue weighted by Gasteiger charge is 1.88. The second-order valence-electron chi connectivity index (χ2n) is 3.73. The van der Waals surface area contributed by atoms with Gasteiger partial charge in [-0.05, 0) is 38.7 Å². The Morgan fingerprint density at radius 1 is 0.905 bits per heavy atom. The largest absolute Gasteiger partial charge is 0.385 e. The molecule has 0 aromatic carbocycles. The van der Waals surface area contributed by atoms with Crippen LogP contribution < -0.4 is 0 Å². The normalized spacial score (nSPS) is 8.43. The van der Waals surface area contributed by atoms with E-state index in [0.29, 0.717) is 6.10 Å². The number of hydrogen-bond acceptors (Lipinski definition) is 3. The molecule has 0 radical (unpaired) electrons. The lowest BCUT2D eigenvalue weighted by Crippen LogP contribution is -2.00. The van der Waals surface area contributed by atoms with Gasteiger partial charge in [-0.2, -0.15) is 11.8 Å². The van der Waals surface area contributed by atoms with Crippen molar-refractivity contribution in [3.8, 4) is 0 Å². The summed E-state index contributed by atoms with van der Waals surface area (Å²) in [6.45, 7) is 13.4. The summed E-state index contributed by atoms with van der Waals surface area (Å²) in [7, 11) is 3.41. The Balaban J connectivity index is -0.0000000244. The van der Waals surface area contributed by atoms with E-state index in [1.165, 1.54) is 18.6 Å². The Morgan fingerprint density at radius 3 is 1.24 bits per heavy atom. The maximum atomic E-state index is 4.90. The summed E-state index contributed by atoms with van der Waals surface area (Å²) in [4.78, 5) is 0. The molecule has 0 saturated heterocycles. The molecule has 0 aromatic heterocycles. The summed E-state index contributed by atoms with van der Waals surface area (Å²) >= 11 is 1.90. The number of ether oxygens (including phenoxy) is 2. The highest BCUT2D eigenvalue weighted by atomic mass is 32.2. The predicted molar refractivity (Wildman–Crippen MR) is 109 cm³/mol. The minimum Gasteiger partial charge on any atom is -0.385 e. The Bertz CT molecular complexity index is 83.3. The quantitative estimate of drug-likeness (QED) is 0.532. The van der Waals surface area contributed by atoms with Crippen molar-refractivity contribution in [2.24, 2.45) is 0 Å². The van der Waals surface area contributed by atoms with Crippen LogP contribution in [0.1, 0.15) is 83.1 Å². The number of methoxy groups -OCH3 is 2. The van der Waals surface area contributed by atoms with Gasteiger partial charge < -0.3 is 9.47 Å². The molecule has 21 heavy (non-hydrogen) atoms. The molecule has 0 N–H and O–H groups in total. The van der Waals surface area contributed by atoms with E-state index < -0.39 is 0 Å². The number of thioether (sulfide) groups is 1. The van der Waals surface area contributed by atoms with Crippen LogP contribution in [0.2, 0.25) is 0 Å². The third-order valence-electron chi connectivity index (χ3n) is 1.67. The van der Waals surface area contributed by atoms with E-state index in [2.05, 4.69) is 45.6 Å². The Labute approximate surface area is 143 Å². The van der Waals surface area contributed by atoms with Crippen LogP contribution in [0.3, 0.4) is 0 Å². The molecule has 3 heteroatoms. The zero-order valence-electron chi connectivity index (χ0n) is 14.3. The molecule has 1 atom stereocenters. The predicted octanol–water partition coefficient (Wildman–Crippen LogP) is 7.17. The maximum absolute atomic E-state index is 4.90. The summed E-state index contributed by atoms with van der Waals surface area (Å²) < 4.78 is 9.44. The van der Waals surface area contributed by atoms with Gasteiger partial charge in [-0.3, -0.25) is 0 Å². The summed E-state index contributed by atoms with van der Waals surface area (Å²) in [5.74, 6) is 1.31. The van der Waals surface area contributed by atoms with E-state index in [-0.39, 0.29) is 22.3 Å². The van der Waals surface area contributed by atoms with Crippen LogP contribution in [0.5, 0.6) is 0 Å². The summed E-state index contributed by atoms with van der Waals surface area (Å²) in [5, 5.41) is 0. The van der Waals surface area contributed by atoms with Crippen molar-refractivity contribution < 1.29 is 9.47 Å². The maximum Gasteiger partial charge on any atom is 0.0540 e. The average molecular weight is 331 g/mol. The lowest BCUT2D eigenvalue weighted by molar-refractivity contribution is 0.115. The smallest absolute Gasteiger partial charge is 0.0540 e. The van der Waals surface area contributed by atoms with Crippen LogP contribution in [0.15, 0.2) is 0 Å². The Hall–Kier alpha value is 0.270. The molecule has 140 valence electrons. The van der Waals surface area contributed by atoms with E-state index in [1.54, 1.807) is 14.2 Å². The fourth-order valence-electron chi connectivity index (χ4n) is 0.371. The first-order valence-corrected chi connectivity index (χ1v) is 8.45. The minimum absolute atomic E-state index is 0. The first-order chi connectivity index (χ1) is 8.55. The lowest BCUT2D eigenvalue weighted by Gasteiger charge is -2.01. The van der Waals surface area contributed by atoms with Gasteiger partial charge in [0.1, 0.15) is 0 Å². The molecule has 2 nitrogen and oxygen atoms in total. The van der Waals surface area contributed by atoms with Gasteiger partial charge in [0.2, 0.25) is 0 Å². The first-order valence-electron chi connectivity index (χ1n) is 7.06. The molecule has 0 bridgehead atoms. The monoisotopic (exact) mass is 330 g/mol. The molecule has 0 aromatic rings. The molecule has 0 rings (SSSR count). The SMILES string of the molecule is C.C.C.CCC.CCC(C)OC.CCCSC.CCOC. The second kappa shape index (κ2) is 59.3. The fourth-order valence-corrected chi connectivity index (χ4v) is 0.779. The van der Waals surface area contributed by atoms with Gasteiger partial charge in [-0.25, -0.2) is 0 Å². The zero-order chi connectivity index (χ0) is 15.2. The van der Waals surface area contributed by atoms with Gasteiger partial charge in [-0.15, -0.1) is 0 Å². The van der Waals surface area contributed by atoms with E-state index in [1.807, 2.05) is 18.7 Å². The Morgan fingerprint density at radius 2 is 1.24 bits per heavy atom. The third kappa shape index (κ3) is 128. The van der Waals surface area contributed by atoms with Crippen molar-refractivity contribution in [3.05, 3.63) is 0 Å². The first kappa shape index (κ1) is 42.9. The standard InChI is InChI=1S/C5H12O.C4H10S.C3H8O.C3H8.3CH4/c1-4-5(2)6-3;1-3-4-5-2;1-3-4-2;1-3-2;;;/h5H,4H2,1-3H3;3-4H2,1-2H3;3H2,1-2H3;3H2,1-2H3;3*1H4. The van der Waals surface area contributed by atoms with Crippen molar-refractivity contribution in [3.63, 3.8) is 0 Å². The molecule has 0 amide bonds. The number of rotatable bonds is 5. The van der Waals surface area contributed by atoms with Gasteiger partial charge in [0.05, 0.1) is 6.10 Å². The zero-order valence-corrected chi connectivity index (χ0v) is 15.2. The van der Waals surface area contributed by atoms with Gasteiger partial charge >= 0.3 is 0 Å². The van der Waals surface area contributed by atoms with Crippen molar-refractivity contribution in [2.75, 3.05) is 32.8 Å². The van der Waals surface area contributed by atoms with Crippen LogP contribution in [-0.2, 0) is 9.47 Å². The van der Waals surface area contributed by atoms with E-state index in [9.17, 15) is 0 Å². The highest BCUT2D eigenvalue weighted by molar-refractivity contribution is 7.98. The fraction of sp³-hybridized carbons (Fsp3) is 1.00. The highest BCUT2D eigenvalue weighted by Crippen LogP contribution is 1.91. The van der Waals surface area contributed by atoms with Gasteiger partial charge in [0.15, 0.2) is 0 Å². The molecule has 0 saturated carbocycles. The summed E-state index contributed by atoms with van der Waals surface area (Å²) in [6, 6.07) is 0. The van der Waals surface area contributed by atoms with Gasteiger partial charge in [0.25, 0.3) is 0 Å². The van der Waals surface area contributed by atoms with E-state index in [4.69, 9.17) is 4.74 Å². The minimum atomic E-state index is 0. The summed E-state index contributed by atoms with van der Waals surface area (Å²) in [5.41, 5.74) is 0. The topological polar surface area (TPSA) is 18.5 Å². The van der Waals surface area contributed by atoms with Crippen molar-refractivity contribution in [1.82, 2.24) is 0 Å². The third-order valence-corrected chi connectivity index (χ3v) is 2.49. The van der Waals surface area contributed by atoms with Crippen LogP contribution in [0, 0.1) is 0 Å². The van der Waals surface area contributed by atoms with Crippen LogP contribution >= 0.6 is 11.8 Å². The second-order valence-corrected chi connectivity index (χ2v) is 4.72. The van der Waals surface area contributed by atoms with Crippen molar-refractivity contribution >= 4 is 11.8 Å². The molecule has 0 spiro atoms. The van der Waals surface area contributed by atoms with Gasteiger partial charge in [0, 0.05) is 20.8 Å². The van der Waals surface area contributed by atoms with Crippen LogP contribution in [0.4, 0.5) is 0 Å².